The van der Waals surface area contributed by atoms with Crippen molar-refractivity contribution in [3.05, 3.63) is 0 Å². The number of piperazine rings is 1. The second kappa shape index (κ2) is 5.45. The Balaban J connectivity index is 1.63. The van der Waals surface area contributed by atoms with Crippen molar-refractivity contribution < 1.29 is 9.47 Å². The monoisotopic (exact) mass is 254 g/mol. The molecule has 4 heteroatoms. The van der Waals surface area contributed by atoms with Crippen LogP contribution in [0.2, 0.25) is 0 Å². The van der Waals surface area contributed by atoms with Crippen LogP contribution < -0.4 is 5.32 Å². The molecule has 3 fully saturated rings. The van der Waals surface area contributed by atoms with Crippen molar-refractivity contribution >= 4 is 0 Å². The van der Waals surface area contributed by atoms with Gasteiger partial charge < -0.3 is 19.7 Å². The molecule has 3 saturated heterocycles. The van der Waals surface area contributed by atoms with E-state index in [4.69, 9.17) is 9.47 Å². The molecule has 18 heavy (non-hydrogen) atoms. The largest absolute Gasteiger partial charge is 0.381 e. The summed E-state index contributed by atoms with van der Waals surface area (Å²) in [5.74, 6) is 0.815. The second-order valence-corrected chi connectivity index (χ2v) is 6.28. The zero-order valence-electron chi connectivity index (χ0n) is 11.5. The highest BCUT2D eigenvalue weighted by Crippen LogP contribution is 2.45. The zero-order valence-corrected chi connectivity index (χ0v) is 11.5. The third-order valence-corrected chi connectivity index (χ3v) is 5.15. The summed E-state index contributed by atoms with van der Waals surface area (Å²) in [6.07, 6.45) is 3.75. The SMILES string of the molecule is CN1CCNCC1CC1(C2CCOCC2)COC1. The predicted molar refractivity (Wildman–Crippen MR) is 70.7 cm³/mol. The van der Waals surface area contributed by atoms with E-state index in [1.54, 1.807) is 0 Å². The van der Waals surface area contributed by atoms with E-state index in [0.29, 0.717) is 11.5 Å². The van der Waals surface area contributed by atoms with Crippen molar-refractivity contribution in [3.8, 4) is 0 Å². The van der Waals surface area contributed by atoms with E-state index >= 15 is 0 Å². The highest BCUT2D eigenvalue weighted by molar-refractivity contribution is 4.97. The van der Waals surface area contributed by atoms with Gasteiger partial charge in [0.05, 0.1) is 13.2 Å². The van der Waals surface area contributed by atoms with Gasteiger partial charge in [0.25, 0.3) is 0 Å². The first kappa shape index (κ1) is 12.9. The first-order valence-corrected chi connectivity index (χ1v) is 7.37. The summed E-state index contributed by atoms with van der Waals surface area (Å²) < 4.78 is 11.1. The average molecular weight is 254 g/mol. The minimum absolute atomic E-state index is 0.446. The van der Waals surface area contributed by atoms with Crippen molar-refractivity contribution in [3.63, 3.8) is 0 Å². The minimum Gasteiger partial charge on any atom is -0.381 e. The highest BCUT2D eigenvalue weighted by atomic mass is 16.5. The molecule has 104 valence electrons. The van der Waals surface area contributed by atoms with Crippen molar-refractivity contribution in [2.45, 2.75) is 25.3 Å². The number of nitrogens with zero attached hydrogens (tertiary/aromatic N) is 1. The van der Waals surface area contributed by atoms with E-state index < -0.39 is 0 Å². The summed E-state index contributed by atoms with van der Waals surface area (Å²) >= 11 is 0. The molecule has 0 amide bonds. The molecular formula is C14H26N2O2. The van der Waals surface area contributed by atoms with Gasteiger partial charge in [-0.25, -0.2) is 0 Å². The van der Waals surface area contributed by atoms with Crippen molar-refractivity contribution in [1.29, 1.82) is 0 Å². The van der Waals surface area contributed by atoms with Crippen LogP contribution in [-0.2, 0) is 9.47 Å². The molecule has 0 aromatic rings. The maximum absolute atomic E-state index is 5.59. The molecule has 3 rings (SSSR count). The van der Waals surface area contributed by atoms with Crippen LogP contribution in [0.1, 0.15) is 19.3 Å². The number of likely N-dealkylation sites (N-methyl/N-ethyl adjacent to an activating group) is 1. The topological polar surface area (TPSA) is 33.7 Å². The molecule has 4 nitrogen and oxygen atoms in total. The molecule has 3 heterocycles. The molecule has 3 aliphatic heterocycles. The molecule has 0 saturated carbocycles. The van der Waals surface area contributed by atoms with Crippen LogP contribution in [0.3, 0.4) is 0 Å². The number of hydrogen-bond donors (Lipinski definition) is 1. The summed E-state index contributed by atoms with van der Waals surface area (Å²) in [5, 5.41) is 3.53. The Labute approximate surface area is 110 Å². The Bertz CT molecular complexity index is 275. The molecule has 0 aliphatic carbocycles. The summed E-state index contributed by atoms with van der Waals surface area (Å²) in [4.78, 5) is 2.52. The van der Waals surface area contributed by atoms with Gasteiger partial charge in [-0.05, 0) is 32.2 Å². The number of ether oxygens (including phenoxy) is 2. The average Bonchev–Trinajstić information content (AvgIpc) is 2.37. The van der Waals surface area contributed by atoms with Crippen LogP contribution >= 0.6 is 0 Å². The molecule has 1 atom stereocenters. The van der Waals surface area contributed by atoms with Gasteiger partial charge >= 0.3 is 0 Å². The van der Waals surface area contributed by atoms with Gasteiger partial charge in [0.1, 0.15) is 0 Å². The summed E-state index contributed by atoms with van der Waals surface area (Å²) in [6, 6.07) is 0.686. The lowest BCUT2D eigenvalue weighted by Crippen LogP contribution is -2.57. The molecule has 3 aliphatic rings. The first-order chi connectivity index (χ1) is 8.80. The molecule has 0 aromatic heterocycles. The Morgan fingerprint density at radius 2 is 2.00 bits per heavy atom. The third-order valence-electron chi connectivity index (χ3n) is 5.15. The predicted octanol–water partition coefficient (Wildman–Crippen LogP) is 0.723. The van der Waals surface area contributed by atoms with Gasteiger partial charge in [-0.15, -0.1) is 0 Å². The van der Waals surface area contributed by atoms with Crippen molar-refractivity contribution in [1.82, 2.24) is 10.2 Å². The Kier molecular flexibility index (Phi) is 3.89. The van der Waals surface area contributed by atoms with Gasteiger partial charge in [0.2, 0.25) is 0 Å². The van der Waals surface area contributed by atoms with Gasteiger partial charge in [0, 0.05) is 44.3 Å². The molecule has 0 spiro atoms. The fourth-order valence-electron chi connectivity index (χ4n) is 3.75. The van der Waals surface area contributed by atoms with Crippen molar-refractivity contribution in [2.75, 3.05) is 53.1 Å². The Hall–Kier alpha value is -0.160. The normalized spacial score (nSPS) is 34.2. The molecule has 0 bridgehead atoms. The summed E-state index contributed by atoms with van der Waals surface area (Å²) in [6.45, 7) is 7.30. The van der Waals surface area contributed by atoms with Gasteiger partial charge in [-0.2, -0.15) is 0 Å². The zero-order chi connectivity index (χ0) is 12.4. The number of rotatable bonds is 3. The van der Waals surface area contributed by atoms with E-state index in [1.807, 2.05) is 0 Å². The number of nitrogens with one attached hydrogen (secondary N) is 1. The van der Waals surface area contributed by atoms with Crippen LogP contribution in [0, 0.1) is 11.3 Å². The minimum atomic E-state index is 0.446. The smallest absolute Gasteiger partial charge is 0.0548 e. The fourth-order valence-corrected chi connectivity index (χ4v) is 3.75. The summed E-state index contributed by atoms with van der Waals surface area (Å²) in [5.41, 5.74) is 0.446. The molecule has 0 aromatic carbocycles. The lowest BCUT2D eigenvalue weighted by atomic mass is 9.66. The Morgan fingerprint density at radius 1 is 1.22 bits per heavy atom. The summed E-state index contributed by atoms with van der Waals surface area (Å²) in [7, 11) is 2.27. The highest BCUT2D eigenvalue weighted by Gasteiger charge is 2.47. The van der Waals surface area contributed by atoms with Crippen LogP contribution in [0.4, 0.5) is 0 Å². The molecular weight excluding hydrogens is 228 g/mol. The van der Waals surface area contributed by atoms with E-state index in [9.17, 15) is 0 Å². The quantitative estimate of drug-likeness (QED) is 0.805. The van der Waals surface area contributed by atoms with Gasteiger partial charge in [-0.1, -0.05) is 0 Å². The molecule has 1 unspecified atom stereocenters. The standard InChI is InChI=1S/C14H26N2O2/c1-16-5-4-15-9-13(16)8-14(10-18-11-14)12-2-6-17-7-3-12/h12-13,15H,2-11H2,1H3. The molecule has 0 radical (unpaired) electrons. The van der Waals surface area contributed by atoms with E-state index in [0.717, 1.165) is 45.4 Å². The van der Waals surface area contributed by atoms with E-state index in [1.165, 1.54) is 25.8 Å². The lowest BCUT2D eigenvalue weighted by Gasteiger charge is -2.51. The van der Waals surface area contributed by atoms with Crippen LogP contribution in [0.5, 0.6) is 0 Å². The fraction of sp³-hybridized carbons (Fsp3) is 1.00. The lowest BCUT2D eigenvalue weighted by molar-refractivity contribution is -0.174. The van der Waals surface area contributed by atoms with Crippen molar-refractivity contribution in [2.24, 2.45) is 11.3 Å². The van der Waals surface area contributed by atoms with E-state index in [-0.39, 0.29) is 0 Å². The van der Waals surface area contributed by atoms with Crippen LogP contribution in [0.15, 0.2) is 0 Å². The maximum atomic E-state index is 5.59. The van der Waals surface area contributed by atoms with Gasteiger partial charge in [0.15, 0.2) is 0 Å². The molecule has 1 N–H and O–H groups in total. The second-order valence-electron chi connectivity index (χ2n) is 6.28. The van der Waals surface area contributed by atoms with Gasteiger partial charge in [-0.3, -0.25) is 0 Å². The third kappa shape index (κ3) is 2.44. The Morgan fingerprint density at radius 3 is 2.61 bits per heavy atom. The first-order valence-electron chi connectivity index (χ1n) is 7.37. The van der Waals surface area contributed by atoms with Crippen LogP contribution in [-0.4, -0.2) is 64.1 Å². The number of hydrogen-bond acceptors (Lipinski definition) is 4. The maximum Gasteiger partial charge on any atom is 0.0548 e. The van der Waals surface area contributed by atoms with E-state index in [2.05, 4.69) is 17.3 Å². The van der Waals surface area contributed by atoms with Crippen LogP contribution in [0.25, 0.3) is 0 Å².